The lowest BCUT2D eigenvalue weighted by Crippen LogP contribution is -2.65. The van der Waals surface area contributed by atoms with Crippen molar-refractivity contribution in [2.75, 3.05) is 33.4 Å². The third kappa shape index (κ3) is 3.96. The zero-order valence-corrected chi connectivity index (χ0v) is 14.1. The van der Waals surface area contributed by atoms with Gasteiger partial charge in [0.1, 0.15) is 5.54 Å². The van der Waals surface area contributed by atoms with Crippen LogP contribution >= 0.6 is 0 Å². The molecule has 1 heterocycles. The van der Waals surface area contributed by atoms with Crippen molar-refractivity contribution < 1.29 is 14.3 Å². The van der Waals surface area contributed by atoms with Crippen LogP contribution in [0.25, 0.3) is 0 Å². The molecule has 5 heteroatoms. The molecule has 2 fully saturated rings. The highest BCUT2D eigenvalue weighted by molar-refractivity contribution is 5.82. The molecular weight excluding hydrogens is 268 g/mol. The van der Waals surface area contributed by atoms with Crippen LogP contribution in [0.1, 0.15) is 40.5 Å². The Morgan fingerprint density at radius 3 is 2.62 bits per heavy atom. The lowest BCUT2D eigenvalue weighted by molar-refractivity contribution is -0.153. The molecular formula is C16H30N2O3. The number of carbonyl (C=O) groups excluding carboxylic acids is 1. The van der Waals surface area contributed by atoms with Crippen LogP contribution in [-0.2, 0) is 14.3 Å². The van der Waals surface area contributed by atoms with Crippen molar-refractivity contribution >= 4 is 5.97 Å². The number of morpholine rings is 1. The molecule has 1 aliphatic carbocycles. The van der Waals surface area contributed by atoms with E-state index in [4.69, 9.17) is 9.47 Å². The number of methoxy groups -OCH3 is 1. The Hall–Kier alpha value is -0.650. The van der Waals surface area contributed by atoms with Gasteiger partial charge in [-0.2, -0.15) is 0 Å². The van der Waals surface area contributed by atoms with Crippen LogP contribution in [0, 0.1) is 5.92 Å². The summed E-state index contributed by atoms with van der Waals surface area (Å²) in [6, 6.07) is 0.249. The Labute approximate surface area is 128 Å². The topological polar surface area (TPSA) is 50.8 Å². The molecule has 0 aromatic rings. The Morgan fingerprint density at radius 2 is 2.14 bits per heavy atom. The van der Waals surface area contributed by atoms with E-state index in [1.807, 2.05) is 0 Å². The van der Waals surface area contributed by atoms with E-state index in [-0.39, 0.29) is 17.6 Å². The molecule has 0 radical (unpaired) electrons. The predicted octanol–water partition coefficient (Wildman–Crippen LogP) is 1.42. The summed E-state index contributed by atoms with van der Waals surface area (Å²) in [4.78, 5) is 14.9. The molecule has 1 N–H and O–H groups in total. The van der Waals surface area contributed by atoms with Crippen molar-refractivity contribution in [1.82, 2.24) is 10.2 Å². The number of carbonyl (C=O) groups is 1. The van der Waals surface area contributed by atoms with Crippen LogP contribution in [-0.4, -0.2) is 61.4 Å². The quantitative estimate of drug-likeness (QED) is 0.752. The van der Waals surface area contributed by atoms with Crippen LogP contribution in [0.2, 0.25) is 0 Å². The second-order valence-electron chi connectivity index (χ2n) is 7.36. The average Bonchev–Trinajstić information content (AvgIpc) is 3.19. The highest BCUT2D eigenvalue weighted by Crippen LogP contribution is 2.41. The SMILES string of the molecule is COC(=O)C(CN1CCOC(C)(C)C1)(NC(C)C)C1CC1. The molecule has 0 amide bonds. The Kier molecular flexibility index (Phi) is 4.96. The van der Waals surface area contributed by atoms with Crippen molar-refractivity contribution in [1.29, 1.82) is 0 Å². The van der Waals surface area contributed by atoms with Gasteiger partial charge in [-0.3, -0.25) is 10.2 Å². The Bertz CT molecular complexity index is 380. The number of nitrogens with zero attached hydrogens (tertiary/aromatic N) is 1. The smallest absolute Gasteiger partial charge is 0.327 e. The van der Waals surface area contributed by atoms with Crippen LogP contribution in [0.4, 0.5) is 0 Å². The van der Waals surface area contributed by atoms with E-state index in [0.29, 0.717) is 12.5 Å². The van der Waals surface area contributed by atoms with Crippen molar-refractivity contribution in [3.05, 3.63) is 0 Å². The molecule has 1 atom stereocenters. The van der Waals surface area contributed by atoms with Gasteiger partial charge in [-0.05, 0) is 46.5 Å². The van der Waals surface area contributed by atoms with Gasteiger partial charge < -0.3 is 9.47 Å². The van der Waals surface area contributed by atoms with Gasteiger partial charge in [-0.1, -0.05) is 0 Å². The summed E-state index contributed by atoms with van der Waals surface area (Å²) in [5.74, 6) is 0.265. The van der Waals surface area contributed by atoms with Crippen molar-refractivity contribution in [3.63, 3.8) is 0 Å². The van der Waals surface area contributed by atoms with E-state index in [9.17, 15) is 4.79 Å². The molecule has 21 heavy (non-hydrogen) atoms. The first kappa shape index (κ1) is 16.7. The fourth-order valence-electron chi connectivity index (χ4n) is 3.46. The molecule has 1 unspecified atom stereocenters. The second-order valence-corrected chi connectivity index (χ2v) is 7.36. The Morgan fingerprint density at radius 1 is 1.48 bits per heavy atom. The third-order valence-electron chi connectivity index (χ3n) is 4.35. The number of nitrogens with one attached hydrogen (secondary N) is 1. The minimum atomic E-state index is -0.573. The highest BCUT2D eigenvalue weighted by atomic mass is 16.5. The first-order chi connectivity index (χ1) is 9.79. The zero-order chi connectivity index (χ0) is 15.7. The molecule has 0 aromatic carbocycles. The molecule has 122 valence electrons. The van der Waals surface area contributed by atoms with E-state index >= 15 is 0 Å². The molecule has 0 spiro atoms. The molecule has 2 aliphatic rings. The number of esters is 1. The fraction of sp³-hybridized carbons (Fsp3) is 0.938. The molecule has 0 bridgehead atoms. The van der Waals surface area contributed by atoms with Gasteiger partial charge in [-0.15, -0.1) is 0 Å². The molecule has 5 nitrogen and oxygen atoms in total. The first-order valence-electron chi connectivity index (χ1n) is 8.01. The number of hydrogen-bond acceptors (Lipinski definition) is 5. The maximum atomic E-state index is 12.5. The van der Waals surface area contributed by atoms with Crippen LogP contribution in [0.15, 0.2) is 0 Å². The molecule has 1 saturated heterocycles. The van der Waals surface area contributed by atoms with Crippen molar-refractivity contribution in [2.45, 2.75) is 57.7 Å². The van der Waals surface area contributed by atoms with Gasteiger partial charge in [0, 0.05) is 25.7 Å². The van der Waals surface area contributed by atoms with Gasteiger partial charge in [0.25, 0.3) is 0 Å². The third-order valence-corrected chi connectivity index (χ3v) is 4.35. The van der Waals surface area contributed by atoms with Gasteiger partial charge in [0.15, 0.2) is 0 Å². The monoisotopic (exact) mass is 298 g/mol. The summed E-state index contributed by atoms with van der Waals surface area (Å²) < 4.78 is 10.9. The number of rotatable bonds is 6. The number of hydrogen-bond donors (Lipinski definition) is 1. The van der Waals surface area contributed by atoms with Crippen molar-refractivity contribution in [2.24, 2.45) is 5.92 Å². The lowest BCUT2D eigenvalue weighted by Gasteiger charge is -2.43. The van der Waals surface area contributed by atoms with Gasteiger partial charge >= 0.3 is 5.97 Å². The summed E-state index contributed by atoms with van der Waals surface area (Å²) in [6.45, 7) is 11.5. The standard InChI is InChI=1S/C16H30N2O3/c1-12(2)17-16(13-6-7-13,14(19)20-5)11-18-8-9-21-15(3,4)10-18/h12-13,17H,6-11H2,1-5H3. The van der Waals surface area contributed by atoms with E-state index < -0.39 is 5.54 Å². The number of ether oxygens (including phenoxy) is 2. The summed E-state index contributed by atoms with van der Waals surface area (Å²) in [5, 5.41) is 3.52. The molecule has 1 saturated carbocycles. The second kappa shape index (κ2) is 6.23. The largest absolute Gasteiger partial charge is 0.468 e. The first-order valence-corrected chi connectivity index (χ1v) is 8.01. The predicted molar refractivity (Wildman–Crippen MR) is 82.2 cm³/mol. The van der Waals surface area contributed by atoms with E-state index in [1.165, 1.54) is 7.11 Å². The fourth-order valence-corrected chi connectivity index (χ4v) is 3.46. The maximum Gasteiger partial charge on any atom is 0.327 e. The zero-order valence-electron chi connectivity index (χ0n) is 14.1. The summed E-state index contributed by atoms with van der Waals surface area (Å²) in [5.41, 5.74) is -0.724. The van der Waals surface area contributed by atoms with Crippen molar-refractivity contribution in [3.8, 4) is 0 Å². The molecule has 0 aromatic heterocycles. The molecule has 2 rings (SSSR count). The van der Waals surface area contributed by atoms with Crippen LogP contribution in [0.5, 0.6) is 0 Å². The average molecular weight is 298 g/mol. The highest BCUT2D eigenvalue weighted by Gasteiger charge is 2.53. The van der Waals surface area contributed by atoms with Crippen LogP contribution < -0.4 is 5.32 Å². The van der Waals surface area contributed by atoms with Gasteiger partial charge in [0.2, 0.25) is 0 Å². The van der Waals surface area contributed by atoms with Crippen LogP contribution in [0.3, 0.4) is 0 Å². The van der Waals surface area contributed by atoms with E-state index in [0.717, 1.165) is 32.5 Å². The van der Waals surface area contributed by atoms with Gasteiger partial charge in [0.05, 0.1) is 19.3 Å². The maximum absolute atomic E-state index is 12.5. The van der Waals surface area contributed by atoms with Gasteiger partial charge in [-0.25, -0.2) is 4.79 Å². The van der Waals surface area contributed by atoms with E-state index in [1.54, 1.807) is 0 Å². The summed E-state index contributed by atoms with van der Waals surface area (Å²) in [7, 11) is 1.49. The summed E-state index contributed by atoms with van der Waals surface area (Å²) in [6.07, 6.45) is 2.20. The Balaban J connectivity index is 2.16. The minimum absolute atomic E-state index is 0.122. The summed E-state index contributed by atoms with van der Waals surface area (Å²) >= 11 is 0. The minimum Gasteiger partial charge on any atom is -0.468 e. The lowest BCUT2D eigenvalue weighted by atomic mass is 9.90. The normalized spacial score (nSPS) is 25.6. The molecule has 1 aliphatic heterocycles. The van der Waals surface area contributed by atoms with E-state index in [2.05, 4.69) is 37.9 Å².